The number of rotatable bonds is 2. The van der Waals surface area contributed by atoms with Gasteiger partial charge in [-0.05, 0) is 19.1 Å². The molecule has 1 aromatic carbocycles. The number of hydrogen-bond donors (Lipinski definition) is 2. The van der Waals surface area contributed by atoms with E-state index in [0.29, 0.717) is 0 Å². The maximum Gasteiger partial charge on any atom is 0.159 e. The van der Waals surface area contributed by atoms with Crippen LogP contribution < -0.4 is 11.5 Å². The Balaban J connectivity index is 0. The van der Waals surface area contributed by atoms with Gasteiger partial charge in [0.05, 0.1) is 13.1 Å². The molecular weight excluding hydrogens is 268 g/mol. The van der Waals surface area contributed by atoms with Crippen LogP contribution in [0.3, 0.4) is 0 Å². The van der Waals surface area contributed by atoms with Gasteiger partial charge in [-0.3, -0.25) is 4.79 Å². The molecule has 4 heteroatoms. The van der Waals surface area contributed by atoms with Gasteiger partial charge < -0.3 is 11.5 Å². The van der Waals surface area contributed by atoms with Crippen molar-refractivity contribution >= 4 is 21.7 Å². The number of carbonyl (C=O) groups excluding carboxylic acids is 1. The zero-order valence-electron chi connectivity index (χ0n) is 10.2. The zero-order valence-corrected chi connectivity index (χ0v) is 11.8. The predicted octanol–water partition coefficient (Wildman–Crippen LogP) is 2.26. The van der Waals surface area contributed by atoms with Crippen molar-refractivity contribution in [2.45, 2.75) is 20.8 Å². The van der Waals surface area contributed by atoms with Crippen LogP contribution in [-0.2, 0) is 4.79 Å². The van der Waals surface area contributed by atoms with E-state index >= 15 is 0 Å². The summed E-state index contributed by atoms with van der Waals surface area (Å²) in [6, 6.07) is 8.22. The van der Waals surface area contributed by atoms with Crippen LogP contribution in [0.4, 0.5) is 0 Å². The molecule has 0 aromatic heterocycles. The highest BCUT2D eigenvalue weighted by atomic mass is 79.9. The standard InChI is InChI=1S/C7H7Br.C3H8N2O.C2H6/c1-6-2-4-7(8)5-3-6;4-1-3(6)2-5;1-2/h2-5H,1H3;1-2,4-5H2;1-2H3. The molecule has 0 aliphatic rings. The molecule has 1 aromatic rings. The molecular formula is C12H21BrN2O. The van der Waals surface area contributed by atoms with Crippen molar-refractivity contribution in [2.75, 3.05) is 13.1 Å². The molecule has 0 aliphatic heterocycles. The van der Waals surface area contributed by atoms with Gasteiger partial charge in [-0.15, -0.1) is 0 Å². The lowest BCUT2D eigenvalue weighted by atomic mass is 10.2. The number of hydrogen-bond acceptors (Lipinski definition) is 3. The van der Waals surface area contributed by atoms with E-state index in [1.807, 2.05) is 26.0 Å². The third kappa shape index (κ3) is 11.4. The van der Waals surface area contributed by atoms with Gasteiger partial charge >= 0.3 is 0 Å². The second-order valence-electron chi connectivity index (χ2n) is 2.74. The van der Waals surface area contributed by atoms with Gasteiger partial charge in [-0.2, -0.15) is 0 Å². The van der Waals surface area contributed by atoms with Crippen molar-refractivity contribution < 1.29 is 4.79 Å². The molecule has 4 N–H and O–H groups in total. The summed E-state index contributed by atoms with van der Waals surface area (Å²) in [5.74, 6) is -0.102. The first-order valence-electron chi connectivity index (χ1n) is 5.24. The first kappa shape index (κ1) is 17.7. The van der Waals surface area contributed by atoms with Crippen LogP contribution in [0.5, 0.6) is 0 Å². The highest BCUT2D eigenvalue weighted by molar-refractivity contribution is 9.10. The Kier molecular flexibility index (Phi) is 13.7. The molecule has 92 valence electrons. The Labute approximate surface area is 106 Å². The summed E-state index contributed by atoms with van der Waals surface area (Å²) in [5.41, 5.74) is 11.0. The quantitative estimate of drug-likeness (QED) is 0.877. The molecule has 3 nitrogen and oxygen atoms in total. The van der Waals surface area contributed by atoms with Gasteiger partial charge in [-0.25, -0.2) is 0 Å². The fourth-order valence-electron chi connectivity index (χ4n) is 0.617. The van der Waals surface area contributed by atoms with Crippen LogP contribution >= 0.6 is 15.9 Å². The van der Waals surface area contributed by atoms with Crippen molar-refractivity contribution in [3.63, 3.8) is 0 Å². The number of ketones is 1. The van der Waals surface area contributed by atoms with E-state index in [-0.39, 0.29) is 18.9 Å². The maximum atomic E-state index is 9.93. The number of carbonyl (C=O) groups is 1. The zero-order chi connectivity index (χ0) is 13.0. The molecule has 16 heavy (non-hydrogen) atoms. The first-order chi connectivity index (χ1) is 7.60. The van der Waals surface area contributed by atoms with Crippen LogP contribution in [0.15, 0.2) is 28.7 Å². The Morgan fingerprint density at radius 2 is 1.50 bits per heavy atom. The lowest BCUT2D eigenvalue weighted by Crippen LogP contribution is -2.22. The largest absolute Gasteiger partial charge is 0.324 e. The van der Waals surface area contributed by atoms with E-state index in [1.165, 1.54) is 5.56 Å². The smallest absolute Gasteiger partial charge is 0.159 e. The van der Waals surface area contributed by atoms with Crippen LogP contribution in [0.2, 0.25) is 0 Å². The number of aryl methyl sites for hydroxylation is 1. The van der Waals surface area contributed by atoms with Crippen LogP contribution in [-0.4, -0.2) is 18.9 Å². The Hall–Kier alpha value is -0.710. The van der Waals surface area contributed by atoms with Crippen molar-refractivity contribution in [3.8, 4) is 0 Å². The molecule has 0 bridgehead atoms. The Bertz CT molecular complexity index is 246. The van der Waals surface area contributed by atoms with E-state index in [1.54, 1.807) is 0 Å². The van der Waals surface area contributed by atoms with Gasteiger partial charge in [0.15, 0.2) is 5.78 Å². The number of halogens is 1. The minimum Gasteiger partial charge on any atom is -0.324 e. The van der Waals surface area contributed by atoms with Gasteiger partial charge in [0, 0.05) is 4.47 Å². The SMILES string of the molecule is CC.Cc1ccc(Br)cc1.NCC(=O)CN. The molecule has 0 saturated heterocycles. The third-order valence-electron chi connectivity index (χ3n) is 1.47. The lowest BCUT2D eigenvalue weighted by molar-refractivity contribution is -0.116. The average molecular weight is 289 g/mol. The summed E-state index contributed by atoms with van der Waals surface area (Å²) >= 11 is 3.35. The molecule has 0 unspecified atom stereocenters. The second kappa shape index (κ2) is 12.4. The molecule has 0 fully saturated rings. The predicted molar refractivity (Wildman–Crippen MR) is 73.3 cm³/mol. The summed E-state index contributed by atoms with van der Waals surface area (Å²) in [6.45, 7) is 6.21. The molecule has 0 atom stereocenters. The second-order valence-corrected chi connectivity index (χ2v) is 3.66. The van der Waals surface area contributed by atoms with Crippen molar-refractivity contribution in [1.29, 1.82) is 0 Å². The van der Waals surface area contributed by atoms with E-state index in [4.69, 9.17) is 11.5 Å². The summed E-state index contributed by atoms with van der Waals surface area (Å²) < 4.78 is 1.14. The Morgan fingerprint density at radius 1 is 1.12 bits per heavy atom. The van der Waals surface area contributed by atoms with Gasteiger partial charge in [0.2, 0.25) is 0 Å². The molecule has 0 radical (unpaired) electrons. The van der Waals surface area contributed by atoms with Crippen molar-refractivity contribution in [1.82, 2.24) is 0 Å². The molecule has 0 saturated carbocycles. The molecule has 0 spiro atoms. The fourth-order valence-corrected chi connectivity index (χ4v) is 0.881. The molecule has 0 heterocycles. The van der Waals surface area contributed by atoms with E-state index in [9.17, 15) is 4.79 Å². The minimum atomic E-state index is -0.102. The van der Waals surface area contributed by atoms with E-state index in [0.717, 1.165) is 4.47 Å². The van der Waals surface area contributed by atoms with E-state index < -0.39 is 0 Å². The van der Waals surface area contributed by atoms with Gasteiger partial charge in [-0.1, -0.05) is 47.5 Å². The van der Waals surface area contributed by atoms with Crippen LogP contribution in [0.25, 0.3) is 0 Å². The Morgan fingerprint density at radius 3 is 1.69 bits per heavy atom. The monoisotopic (exact) mass is 288 g/mol. The van der Waals surface area contributed by atoms with Gasteiger partial charge in [0.1, 0.15) is 0 Å². The van der Waals surface area contributed by atoms with Crippen LogP contribution in [0.1, 0.15) is 19.4 Å². The number of benzene rings is 1. The summed E-state index contributed by atoms with van der Waals surface area (Å²) in [5, 5.41) is 0. The summed E-state index contributed by atoms with van der Waals surface area (Å²) in [7, 11) is 0. The molecule has 0 aliphatic carbocycles. The summed E-state index contributed by atoms with van der Waals surface area (Å²) in [4.78, 5) is 9.93. The summed E-state index contributed by atoms with van der Waals surface area (Å²) in [6.07, 6.45) is 0. The van der Waals surface area contributed by atoms with Crippen molar-refractivity contribution in [2.24, 2.45) is 11.5 Å². The average Bonchev–Trinajstić information content (AvgIpc) is 2.35. The lowest BCUT2D eigenvalue weighted by Gasteiger charge is -1.88. The first-order valence-corrected chi connectivity index (χ1v) is 6.03. The normalized spacial score (nSPS) is 8.12. The minimum absolute atomic E-state index is 0.0660. The number of Topliss-reactive ketones (excluding diaryl/α,β-unsaturated/α-hetero) is 1. The molecule has 1 rings (SSSR count). The topological polar surface area (TPSA) is 69.1 Å². The highest BCUT2D eigenvalue weighted by Crippen LogP contribution is 2.08. The number of nitrogens with two attached hydrogens (primary N) is 2. The van der Waals surface area contributed by atoms with E-state index in [2.05, 4.69) is 35.0 Å². The fraction of sp³-hybridized carbons (Fsp3) is 0.417. The van der Waals surface area contributed by atoms with Crippen LogP contribution in [0, 0.1) is 6.92 Å². The maximum absolute atomic E-state index is 9.93. The highest BCUT2D eigenvalue weighted by Gasteiger charge is 1.87. The van der Waals surface area contributed by atoms with Crippen molar-refractivity contribution in [3.05, 3.63) is 34.3 Å². The van der Waals surface area contributed by atoms with Gasteiger partial charge in [0.25, 0.3) is 0 Å². The third-order valence-corrected chi connectivity index (χ3v) is 1.99. The molecule has 0 amide bonds.